The summed E-state index contributed by atoms with van der Waals surface area (Å²) < 4.78 is 52.5. The van der Waals surface area contributed by atoms with Gasteiger partial charge in [-0.3, -0.25) is 0 Å². The van der Waals surface area contributed by atoms with Gasteiger partial charge in [0.15, 0.2) is 5.65 Å². The standard InChI is InChI=1S/C26H27F3N6O2/c1-35-10-4-6-16(35)13-37-25-33-22(31-12-15-5-3-7-17(20(15)27)21(28)29)18-11-19(26(14-30)8-9-26)24(36-2)32-23(18)34-25/h3,5,7,11,16,21H,4,6,8-10,12-13H2,1-2H3,(H,31,32,33,34). The van der Waals surface area contributed by atoms with Crippen molar-refractivity contribution in [2.45, 2.75) is 50.1 Å². The van der Waals surface area contributed by atoms with E-state index < -0.39 is 23.2 Å². The zero-order valence-corrected chi connectivity index (χ0v) is 20.6. The van der Waals surface area contributed by atoms with Crippen LogP contribution in [-0.2, 0) is 12.0 Å². The highest BCUT2D eigenvalue weighted by Crippen LogP contribution is 2.51. The number of nitrogens with one attached hydrogen (secondary N) is 1. The molecule has 1 aromatic carbocycles. The number of pyridine rings is 1. The molecule has 0 spiro atoms. The summed E-state index contributed by atoms with van der Waals surface area (Å²) in [5.41, 5.74) is -0.372. The Morgan fingerprint density at radius 3 is 2.73 bits per heavy atom. The number of alkyl halides is 2. The number of nitrogens with zero attached hydrogens (tertiary/aromatic N) is 5. The second-order valence-electron chi connectivity index (χ2n) is 9.53. The molecule has 0 radical (unpaired) electrons. The molecular weight excluding hydrogens is 485 g/mol. The number of halogens is 3. The highest BCUT2D eigenvalue weighted by Gasteiger charge is 2.47. The van der Waals surface area contributed by atoms with Crippen molar-refractivity contribution in [2.75, 3.05) is 32.6 Å². The van der Waals surface area contributed by atoms with Crippen LogP contribution < -0.4 is 14.8 Å². The molecule has 1 unspecified atom stereocenters. The lowest BCUT2D eigenvalue weighted by Crippen LogP contribution is -2.31. The van der Waals surface area contributed by atoms with E-state index in [1.165, 1.54) is 19.2 Å². The minimum absolute atomic E-state index is 0.0667. The van der Waals surface area contributed by atoms with E-state index in [1.807, 2.05) is 7.05 Å². The van der Waals surface area contributed by atoms with E-state index in [-0.39, 0.29) is 29.8 Å². The minimum Gasteiger partial charge on any atom is -0.481 e. The number of aromatic nitrogens is 3. The third-order valence-corrected chi connectivity index (χ3v) is 7.17. The van der Waals surface area contributed by atoms with Gasteiger partial charge in [-0.25, -0.2) is 13.2 Å². The summed E-state index contributed by atoms with van der Waals surface area (Å²) in [7, 11) is 3.52. The number of anilines is 1. The average Bonchev–Trinajstić information content (AvgIpc) is 3.59. The molecule has 2 aliphatic rings. The Balaban J connectivity index is 1.52. The summed E-state index contributed by atoms with van der Waals surface area (Å²) >= 11 is 0. The number of methoxy groups -OCH3 is 1. The Hall–Kier alpha value is -3.65. The van der Waals surface area contributed by atoms with Crippen molar-refractivity contribution in [1.82, 2.24) is 19.9 Å². The molecule has 11 heteroatoms. The predicted molar refractivity (Wildman–Crippen MR) is 130 cm³/mol. The molecular formula is C26H27F3N6O2. The van der Waals surface area contributed by atoms with Gasteiger partial charge in [-0.15, -0.1) is 0 Å². The Morgan fingerprint density at radius 1 is 1.27 bits per heavy atom. The van der Waals surface area contributed by atoms with Crippen molar-refractivity contribution in [3.8, 4) is 18.0 Å². The Labute approximate surface area is 212 Å². The lowest BCUT2D eigenvalue weighted by Gasteiger charge is -2.20. The van der Waals surface area contributed by atoms with Crippen molar-refractivity contribution >= 4 is 16.9 Å². The largest absolute Gasteiger partial charge is 0.481 e. The Kier molecular flexibility index (Phi) is 6.77. The summed E-state index contributed by atoms with van der Waals surface area (Å²) in [5, 5.41) is 13.3. The van der Waals surface area contributed by atoms with Gasteiger partial charge in [0.25, 0.3) is 6.43 Å². The lowest BCUT2D eigenvalue weighted by atomic mass is 9.98. The first-order chi connectivity index (χ1) is 17.8. The molecule has 3 aromatic rings. The minimum atomic E-state index is -2.92. The van der Waals surface area contributed by atoms with Crippen LogP contribution >= 0.6 is 0 Å². The number of hydrogen-bond donors (Lipinski definition) is 1. The molecule has 0 amide bonds. The maximum atomic E-state index is 14.7. The first-order valence-electron chi connectivity index (χ1n) is 12.2. The molecule has 1 aliphatic carbocycles. The van der Waals surface area contributed by atoms with Crippen LogP contribution in [0.5, 0.6) is 11.9 Å². The lowest BCUT2D eigenvalue weighted by molar-refractivity contribution is 0.146. The Morgan fingerprint density at radius 2 is 2.08 bits per heavy atom. The quantitative estimate of drug-likeness (QED) is 0.439. The van der Waals surface area contributed by atoms with Crippen molar-refractivity contribution in [1.29, 1.82) is 5.26 Å². The summed E-state index contributed by atoms with van der Waals surface area (Å²) in [6.07, 6.45) is 0.521. The van der Waals surface area contributed by atoms with Gasteiger partial charge >= 0.3 is 6.01 Å². The molecule has 194 valence electrons. The number of rotatable bonds is 9. The zero-order chi connectivity index (χ0) is 26.2. The van der Waals surface area contributed by atoms with Gasteiger partial charge in [0.2, 0.25) is 5.88 Å². The summed E-state index contributed by atoms with van der Waals surface area (Å²) in [6.45, 7) is 1.28. The van der Waals surface area contributed by atoms with Crippen molar-refractivity contribution in [2.24, 2.45) is 0 Å². The fourth-order valence-electron chi connectivity index (χ4n) is 4.73. The SMILES string of the molecule is COc1nc2nc(OCC3CCCN3C)nc(NCc3cccc(C(F)F)c3F)c2cc1C1(C#N)CC1. The molecule has 5 rings (SSSR count). The van der Waals surface area contributed by atoms with E-state index in [4.69, 9.17) is 9.47 Å². The zero-order valence-electron chi connectivity index (χ0n) is 20.6. The summed E-state index contributed by atoms with van der Waals surface area (Å²) in [4.78, 5) is 15.7. The molecule has 8 nitrogen and oxygen atoms in total. The third kappa shape index (κ3) is 4.85. The van der Waals surface area contributed by atoms with Crippen LogP contribution in [0.1, 0.15) is 48.8 Å². The van der Waals surface area contributed by atoms with Crippen molar-refractivity contribution in [3.63, 3.8) is 0 Å². The van der Waals surface area contributed by atoms with Gasteiger partial charge in [-0.1, -0.05) is 18.2 Å². The topological polar surface area (TPSA) is 96.2 Å². The molecule has 1 saturated carbocycles. The van der Waals surface area contributed by atoms with Crippen LogP contribution in [0.3, 0.4) is 0 Å². The molecule has 3 heterocycles. The molecule has 1 atom stereocenters. The van der Waals surface area contributed by atoms with Crippen LogP contribution in [0.15, 0.2) is 24.3 Å². The third-order valence-electron chi connectivity index (χ3n) is 7.17. The van der Waals surface area contributed by atoms with Gasteiger partial charge < -0.3 is 19.7 Å². The average molecular weight is 513 g/mol. The van der Waals surface area contributed by atoms with E-state index in [0.29, 0.717) is 42.1 Å². The highest BCUT2D eigenvalue weighted by molar-refractivity contribution is 5.88. The first-order valence-corrected chi connectivity index (χ1v) is 12.2. The van der Waals surface area contributed by atoms with Gasteiger partial charge in [-0.05, 0) is 45.3 Å². The molecule has 1 aliphatic heterocycles. The monoisotopic (exact) mass is 512 g/mol. The number of hydrogen-bond acceptors (Lipinski definition) is 8. The number of benzene rings is 1. The normalized spacial score (nSPS) is 18.7. The van der Waals surface area contributed by atoms with Gasteiger partial charge in [-0.2, -0.15) is 20.2 Å². The van der Waals surface area contributed by atoms with E-state index in [2.05, 4.69) is 31.2 Å². The van der Waals surface area contributed by atoms with Gasteiger partial charge in [0.05, 0.1) is 29.5 Å². The van der Waals surface area contributed by atoms with Gasteiger partial charge in [0, 0.05) is 23.7 Å². The van der Waals surface area contributed by atoms with Crippen molar-refractivity contribution < 1.29 is 22.6 Å². The number of fused-ring (bicyclic) bond motifs is 1. The maximum absolute atomic E-state index is 14.7. The van der Waals surface area contributed by atoms with Gasteiger partial charge in [0.1, 0.15) is 18.2 Å². The van der Waals surface area contributed by atoms with Crippen LogP contribution in [0.25, 0.3) is 11.0 Å². The second-order valence-corrected chi connectivity index (χ2v) is 9.53. The second kappa shape index (κ2) is 10.0. The molecule has 37 heavy (non-hydrogen) atoms. The Bertz CT molecular complexity index is 1360. The number of likely N-dealkylation sites (tertiary alicyclic amines) is 1. The van der Waals surface area contributed by atoms with Crippen LogP contribution in [-0.4, -0.2) is 53.2 Å². The first kappa shape index (κ1) is 25.0. The van der Waals surface area contributed by atoms with E-state index in [0.717, 1.165) is 25.5 Å². The van der Waals surface area contributed by atoms with Crippen LogP contribution in [0.4, 0.5) is 19.0 Å². The van der Waals surface area contributed by atoms with E-state index in [9.17, 15) is 18.4 Å². The summed E-state index contributed by atoms with van der Waals surface area (Å²) in [5.74, 6) is -0.369. The number of likely N-dealkylation sites (N-methyl/N-ethyl adjacent to an activating group) is 1. The van der Waals surface area contributed by atoms with Crippen LogP contribution in [0, 0.1) is 17.1 Å². The highest BCUT2D eigenvalue weighted by atomic mass is 19.3. The molecule has 1 saturated heterocycles. The fraction of sp³-hybridized carbons (Fsp3) is 0.462. The number of nitriles is 1. The smallest absolute Gasteiger partial charge is 0.320 e. The predicted octanol–water partition coefficient (Wildman–Crippen LogP) is 4.75. The van der Waals surface area contributed by atoms with E-state index in [1.54, 1.807) is 6.07 Å². The fourth-order valence-corrected chi connectivity index (χ4v) is 4.73. The summed E-state index contributed by atoms with van der Waals surface area (Å²) in [6, 6.07) is 8.32. The molecule has 2 fully saturated rings. The maximum Gasteiger partial charge on any atom is 0.320 e. The van der Waals surface area contributed by atoms with Crippen LogP contribution in [0.2, 0.25) is 0 Å². The molecule has 2 aromatic heterocycles. The van der Waals surface area contributed by atoms with E-state index >= 15 is 0 Å². The number of ether oxygens (including phenoxy) is 2. The molecule has 1 N–H and O–H groups in total. The molecule has 0 bridgehead atoms. The van der Waals surface area contributed by atoms with Crippen molar-refractivity contribution in [3.05, 3.63) is 46.8 Å².